The number of carbonyl (C=O) groups excluding carboxylic acids is 1. The van der Waals surface area contributed by atoms with E-state index in [1.165, 1.54) is 5.56 Å². The minimum absolute atomic E-state index is 0.0786. The third-order valence-electron chi connectivity index (χ3n) is 4.83. The van der Waals surface area contributed by atoms with E-state index in [-0.39, 0.29) is 12.1 Å². The number of H-pyrrole nitrogens is 1. The fraction of sp³-hybridized carbons (Fsp3) is 0.444. The Morgan fingerprint density at radius 1 is 1.42 bits per heavy atom. The number of hydrogen-bond acceptors (Lipinski definition) is 3. The number of nitrogens with zero attached hydrogens (tertiary/aromatic N) is 3. The summed E-state index contributed by atoms with van der Waals surface area (Å²) in [6, 6.07) is 11.2. The Bertz CT molecular complexity index is 643. The number of amides is 2. The van der Waals surface area contributed by atoms with E-state index in [2.05, 4.69) is 51.6 Å². The molecule has 2 atom stereocenters. The summed E-state index contributed by atoms with van der Waals surface area (Å²) < 4.78 is 0. The molecule has 0 radical (unpaired) electrons. The summed E-state index contributed by atoms with van der Waals surface area (Å²) in [4.78, 5) is 16.7. The van der Waals surface area contributed by atoms with Gasteiger partial charge in [-0.2, -0.15) is 5.10 Å². The van der Waals surface area contributed by atoms with E-state index in [4.69, 9.17) is 0 Å². The maximum absolute atomic E-state index is 12.3. The van der Waals surface area contributed by atoms with Gasteiger partial charge in [0.15, 0.2) is 0 Å². The number of aromatic nitrogens is 2. The Balaban J connectivity index is 1.53. The van der Waals surface area contributed by atoms with Gasteiger partial charge in [-0.25, -0.2) is 4.79 Å². The van der Waals surface area contributed by atoms with Gasteiger partial charge in [-0.15, -0.1) is 0 Å². The molecule has 24 heavy (non-hydrogen) atoms. The van der Waals surface area contributed by atoms with Crippen molar-refractivity contribution in [3.8, 4) is 0 Å². The summed E-state index contributed by atoms with van der Waals surface area (Å²) in [5.41, 5.74) is 2.04. The van der Waals surface area contributed by atoms with Crippen molar-refractivity contribution in [2.24, 2.45) is 0 Å². The molecular formula is C18H25N5O. The highest BCUT2D eigenvalue weighted by Crippen LogP contribution is 2.23. The van der Waals surface area contributed by atoms with Crippen LogP contribution in [0.3, 0.4) is 0 Å². The molecule has 0 unspecified atom stereocenters. The van der Waals surface area contributed by atoms with Gasteiger partial charge in [-0.3, -0.25) is 10.00 Å². The van der Waals surface area contributed by atoms with Crippen molar-refractivity contribution in [1.82, 2.24) is 20.0 Å². The fourth-order valence-electron chi connectivity index (χ4n) is 3.30. The Morgan fingerprint density at radius 3 is 2.88 bits per heavy atom. The second-order valence-electron chi connectivity index (χ2n) is 6.51. The molecule has 2 aromatic rings. The number of piperidine rings is 1. The predicted molar refractivity (Wildman–Crippen MR) is 94.7 cm³/mol. The largest absolute Gasteiger partial charge is 0.325 e. The molecule has 1 fully saturated rings. The zero-order valence-corrected chi connectivity index (χ0v) is 14.3. The van der Waals surface area contributed by atoms with Crippen LogP contribution in [-0.2, 0) is 6.54 Å². The molecule has 2 N–H and O–H groups in total. The van der Waals surface area contributed by atoms with Crippen molar-refractivity contribution in [2.45, 2.75) is 38.4 Å². The molecule has 3 rings (SSSR count). The summed E-state index contributed by atoms with van der Waals surface area (Å²) in [5, 5.41) is 9.41. The van der Waals surface area contributed by atoms with Gasteiger partial charge in [0.1, 0.15) is 0 Å². The maximum Gasteiger partial charge on any atom is 0.321 e. The smallest absolute Gasteiger partial charge is 0.321 e. The second-order valence-corrected chi connectivity index (χ2v) is 6.51. The van der Waals surface area contributed by atoms with Crippen molar-refractivity contribution in [1.29, 1.82) is 0 Å². The van der Waals surface area contributed by atoms with E-state index in [9.17, 15) is 4.79 Å². The monoisotopic (exact) mass is 327 g/mol. The molecule has 128 valence electrons. The van der Waals surface area contributed by atoms with Crippen molar-refractivity contribution in [2.75, 3.05) is 18.9 Å². The van der Waals surface area contributed by atoms with Gasteiger partial charge >= 0.3 is 6.03 Å². The van der Waals surface area contributed by atoms with Gasteiger partial charge in [-0.05, 0) is 25.3 Å². The van der Waals surface area contributed by atoms with Crippen molar-refractivity contribution in [3.05, 3.63) is 48.3 Å². The van der Waals surface area contributed by atoms with Crippen LogP contribution in [0.25, 0.3) is 0 Å². The van der Waals surface area contributed by atoms with Gasteiger partial charge in [0, 0.05) is 38.4 Å². The molecule has 0 bridgehead atoms. The van der Waals surface area contributed by atoms with Gasteiger partial charge in [0.2, 0.25) is 0 Å². The van der Waals surface area contributed by atoms with Crippen LogP contribution in [0.4, 0.5) is 10.5 Å². The van der Waals surface area contributed by atoms with Crippen LogP contribution in [0.15, 0.2) is 42.7 Å². The first-order chi connectivity index (χ1) is 11.6. The van der Waals surface area contributed by atoms with Gasteiger partial charge < -0.3 is 10.2 Å². The molecule has 6 nitrogen and oxygen atoms in total. The van der Waals surface area contributed by atoms with E-state index < -0.39 is 0 Å². The molecule has 1 aliphatic rings. The molecule has 1 aromatic heterocycles. The maximum atomic E-state index is 12.3. The zero-order valence-electron chi connectivity index (χ0n) is 14.3. The topological polar surface area (TPSA) is 64.3 Å². The average Bonchev–Trinajstić information content (AvgIpc) is 3.10. The van der Waals surface area contributed by atoms with Crippen LogP contribution in [0.5, 0.6) is 0 Å². The first-order valence-corrected chi connectivity index (χ1v) is 8.44. The summed E-state index contributed by atoms with van der Waals surface area (Å²) in [6.45, 7) is 4.22. The standard InChI is InChI=1S/C18H25N5O/c1-14-10-17(22(2)18(24)21-16-11-19-20-12-16)8-9-23(14)13-15-6-4-3-5-7-15/h3-7,11-12,14,17H,8-10,13H2,1-2H3,(H,19,20)(H,21,24)/t14-,17-/m0/s1. The summed E-state index contributed by atoms with van der Waals surface area (Å²) in [5.74, 6) is 0. The van der Waals surface area contributed by atoms with E-state index in [0.717, 1.165) is 25.9 Å². The molecule has 0 saturated carbocycles. The molecule has 0 spiro atoms. The van der Waals surface area contributed by atoms with Crippen LogP contribution in [0.1, 0.15) is 25.3 Å². The Kier molecular flexibility index (Phi) is 5.15. The minimum Gasteiger partial charge on any atom is -0.325 e. The van der Waals surface area contributed by atoms with Crippen molar-refractivity contribution < 1.29 is 4.79 Å². The lowest BCUT2D eigenvalue weighted by Gasteiger charge is -2.41. The first kappa shape index (κ1) is 16.5. The lowest BCUT2D eigenvalue weighted by Crippen LogP contribution is -2.50. The number of hydrogen-bond donors (Lipinski definition) is 2. The zero-order chi connectivity index (χ0) is 16.9. The number of nitrogens with one attached hydrogen (secondary N) is 2. The Morgan fingerprint density at radius 2 is 2.21 bits per heavy atom. The number of urea groups is 1. The summed E-state index contributed by atoms with van der Waals surface area (Å²) in [6.07, 6.45) is 5.27. The van der Waals surface area contributed by atoms with Crippen molar-refractivity contribution in [3.63, 3.8) is 0 Å². The Hall–Kier alpha value is -2.34. The number of benzene rings is 1. The third-order valence-corrected chi connectivity index (χ3v) is 4.83. The molecule has 0 aliphatic carbocycles. The van der Waals surface area contributed by atoms with E-state index in [0.29, 0.717) is 11.7 Å². The number of carbonyl (C=O) groups is 1. The van der Waals surface area contributed by atoms with Crippen LogP contribution in [0, 0.1) is 0 Å². The van der Waals surface area contributed by atoms with Crippen LogP contribution >= 0.6 is 0 Å². The lowest BCUT2D eigenvalue weighted by atomic mass is 9.96. The number of anilines is 1. The highest BCUT2D eigenvalue weighted by Gasteiger charge is 2.29. The van der Waals surface area contributed by atoms with Crippen molar-refractivity contribution >= 4 is 11.7 Å². The SMILES string of the molecule is C[C@H]1C[C@@H](N(C)C(=O)Nc2cn[nH]c2)CCN1Cc1ccccc1. The summed E-state index contributed by atoms with van der Waals surface area (Å²) in [7, 11) is 1.87. The van der Waals surface area contributed by atoms with Crippen LogP contribution in [0.2, 0.25) is 0 Å². The lowest BCUT2D eigenvalue weighted by molar-refractivity contribution is 0.0942. The fourth-order valence-corrected chi connectivity index (χ4v) is 3.30. The summed E-state index contributed by atoms with van der Waals surface area (Å²) >= 11 is 0. The Labute approximate surface area is 142 Å². The molecule has 1 saturated heterocycles. The van der Waals surface area contributed by atoms with E-state index >= 15 is 0 Å². The van der Waals surface area contributed by atoms with Crippen LogP contribution < -0.4 is 5.32 Å². The molecule has 2 amide bonds. The molecule has 1 aliphatic heterocycles. The van der Waals surface area contributed by atoms with Crippen LogP contribution in [-0.4, -0.2) is 51.7 Å². The second kappa shape index (κ2) is 7.49. The molecule has 1 aromatic carbocycles. The van der Waals surface area contributed by atoms with E-state index in [1.54, 1.807) is 12.4 Å². The van der Waals surface area contributed by atoms with Gasteiger partial charge in [0.25, 0.3) is 0 Å². The number of rotatable bonds is 4. The predicted octanol–water partition coefficient (Wildman–Crippen LogP) is 2.93. The minimum atomic E-state index is -0.0786. The quantitative estimate of drug-likeness (QED) is 0.907. The van der Waals surface area contributed by atoms with Gasteiger partial charge in [-0.1, -0.05) is 30.3 Å². The highest BCUT2D eigenvalue weighted by atomic mass is 16.2. The average molecular weight is 327 g/mol. The first-order valence-electron chi connectivity index (χ1n) is 8.44. The normalized spacial score (nSPS) is 21.4. The molecule has 6 heteroatoms. The molecule has 2 heterocycles. The van der Waals surface area contributed by atoms with Gasteiger partial charge in [0.05, 0.1) is 11.9 Å². The third kappa shape index (κ3) is 3.94. The number of aromatic amines is 1. The van der Waals surface area contributed by atoms with E-state index in [1.807, 2.05) is 18.0 Å². The highest BCUT2D eigenvalue weighted by molar-refractivity contribution is 5.89. The number of likely N-dealkylation sites (tertiary alicyclic amines) is 1. The molecular weight excluding hydrogens is 302 g/mol.